The standard InChI is InChI=1S/C13H16BrN3/c1-9-4-3-5-10(6-9)7-12(15)13-11(14)8-16-17(13)2/h3-6,8,12H,7,15H2,1-2H3. The zero-order valence-electron chi connectivity index (χ0n) is 10.0. The second-order valence-corrected chi connectivity index (χ2v) is 5.16. The van der Waals surface area contributed by atoms with E-state index in [9.17, 15) is 0 Å². The highest BCUT2D eigenvalue weighted by Crippen LogP contribution is 2.23. The summed E-state index contributed by atoms with van der Waals surface area (Å²) in [5, 5.41) is 4.19. The SMILES string of the molecule is Cc1cccc(CC(N)c2c(Br)cnn2C)c1. The van der Waals surface area contributed by atoms with E-state index in [-0.39, 0.29) is 6.04 Å². The third kappa shape index (κ3) is 2.76. The molecule has 2 aromatic rings. The molecule has 0 amide bonds. The molecule has 1 aromatic carbocycles. The summed E-state index contributed by atoms with van der Waals surface area (Å²) in [7, 11) is 1.91. The van der Waals surface area contributed by atoms with E-state index >= 15 is 0 Å². The minimum Gasteiger partial charge on any atom is -0.322 e. The van der Waals surface area contributed by atoms with E-state index in [1.54, 1.807) is 6.20 Å². The van der Waals surface area contributed by atoms with Gasteiger partial charge in [0, 0.05) is 7.05 Å². The van der Waals surface area contributed by atoms with Gasteiger partial charge in [-0.05, 0) is 34.8 Å². The van der Waals surface area contributed by atoms with Gasteiger partial charge in [-0.15, -0.1) is 0 Å². The molecular weight excluding hydrogens is 278 g/mol. The van der Waals surface area contributed by atoms with Gasteiger partial charge in [0.25, 0.3) is 0 Å². The largest absolute Gasteiger partial charge is 0.322 e. The molecule has 0 spiro atoms. The summed E-state index contributed by atoms with van der Waals surface area (Å²) in [5.74, 6) is 0. The minimum atomic E-state index is -0.0429. The van der Waals surface area contributed by atoms with Gasteiger partial charge in [0.1, 0.15) is 0 Å². The number of hydrogen-bond acceptors (Lipinski definition) is 2. The van der Waals surface area contributed by atoms with Gasteiger partial charge in [0.2, 0.25) is 0 Å². The normalized spacial score (nSPS) is 12.7. The number of nitrogens with zero attached hydrogens (tertiary/aromatic N) is 2. The molecule has 0 aliphatic rings. The summed E-state index contributed by atoms with van der Waals surface area (Å²) in [6, 6.07) is 8.39. The zero-order chi connectivity index (χ0) is 12.4. The number of aryl methyl sites for hydroxylation is 2. The quantitative estimate of drug-likeness (QED) is 0.946. The fraction of sp³-hybridized carbons (Fsp3) is 0.308. The molecule has 0 saturated carbocycles. The summed E-state index contributed by atoms with van der Waals surface area (Å²) in [6.45, 7) is 2.09. The Labute approximate surface area is 110 Å². The molecule has 0 fully saturated rings. The fourth-order valence-electron chi connectivity index (χ4n) is 2.03. The maximum absolute atomic E-state index is 6.23. The topological polar surface area (TPSA) is 43.8 Å². The molecule has 90 valence electrons. The van der Waals surface area contributed by atoms with Crippen molar-refractivity contribution in [2.45, 2.75) is 19.4 Å². The van der Waals surface area contributed by atoms with Crippen molar-refractivity contribution in [2.75, 3.05) is 0 Å². The van der Waals surface area contributed by atoms with Crippen molar-refractivity contribution in [3.05, 3.63) is 51.8 Å². The Balaban J connectivity index is 2.20. The van der Waals surface area contributed by atoms with Crippen LogP contribution in [-0.2, 0) is 13.5 Å². The van der Waals surface area contributed by atoms with Crippen LogP contribution in [0.5, 0.6) is 0 Å². The van der Waals surface area contributed by atoms with E-state index in [1.807, 2.05) is 11.7 Å². The third-order valence-electron chi connectivity index (χ3n) is 2.83. The lowest BCUT2D eigenvalue weighted by Crippen LogP contribution is -2.17. The van der Waals surface area contributed by atoms with Crippen LogP contribution in [0, 0.1) is 6.92 Å². The number of aromatic nitrogens is 2. The Bertz CT molecular complexity index is 500. The van der Waals surface area contributed by atoms with E-state index in [0.29, 0.717) is 0 Å². The lowest BCUT2D eigenvalue weighted by Gasteiger charge is -2.13. The maximum Gasteiger partial charge on any atom is 0.0693 e. The van der Waals surface area contributed by atoms with Gasteiger partial charge in [-0.3, -0.25) is 4.68 Å². The molecule has 4 heteroatoms. The van der Waals surface area contributed by atoms with Gasteiger partial charge in [0.05, 0.1) is 22.4 Å². The second kappa shape index (κ2) is 5.02. The van der Waals surface area contributed by atoms with Crippen LogP contribution in [0.1, 0.15) is 22.9 Å². The monoisotopic (exact) mass is 293 g/mol. The minimum absolute atomic E-state index is 0.0429. The summed E-state index contributed by atoms with van der Waals surface area (Å²) >= 11 is 3.48. The molecule has 0 radical (unpaired) electrons. The molecule has 1 aromatic heterocycles. The van der Waals surface area contributed by atoms with E-state index in [1.165, 1.54) is 11.1 Å². The van der Waals surface area contributed by atoms with Crippen molar-refractivity contribution in [3.63, 3.8) is 0 Å². The number of halogens is 1. The fourth-order valence-corrected chi connectivity index (χ4v) is 2.67. The highest BCUT2D eigenvalue weighted by atomic mass is 79.9. The zero-order valence-corrected chi connectivity index (χ0v) is 11.6. The Morgan fingerprint density at radius 2 is 2.24 bits per heavy atom. The van der Waals surface area contributed by atoms with Crippen molar-refractivity contribution in [2.24, 2.45) is 12.8 Å². The van der Waals surface area contributed by atoms with Crippen LogP contribution in [0.3, 0.4) is 0 Å². The van der Waals surface area contributed by atoms with Crippen molar-refractivity contribution >= 4 is 15.9 Å². The molecule has 0 aliphatic heterocycles. The van der Waals surface area contributed by atoms with E-state index in [4.69, 9.17) is 5.73 Å². The first-order chi connectivity index (χ1) is 8.08. The van der Waals surface area contributed by atoms with Crippen LogP contribution >= 0.6 is 15.9 Å². The number of nitrogens with two attached hydrogens (primary N) is 1. The molecular formula is C13H16BrN3. The predicted octanol–water partition coefficient (Wildman–Crippen LogP) is 2.73. The van der Waals surface area contributed by atoms with E-state index in [0.717, 1.165) is 16.6 Å². The second-order valence-electron chi connectivity index (χ2n) is 4.30. The first kappa shape index (κ1) is 12.3. The molecule has 1 heterocycles. The number of benzene rings is 1. The molecule has 0 aliphatic carbocycles. The summed E-state index contributed by atoms with van der Waals surface area (Å²) in [4.78, 5) is 0. The molecule has 1 unspecified atom stereocenters. The van der Waals surface area contributed by atoms with Gasteiger partial charge in [-0.2, -0.15) is 5.10 Å². The van der Waals surface area contributed by atoms with Gasteiger partial charge < -0.3 is 5.73 Å². The van der Waals surface area contributed by atoms with Crippen LogP contribution in [0.4, 0.5) is 0 Å². The smallest absolute Gasteiger partial charge is 0.0693 e. The first-order valence-electron chi connectivity index (χ1n) is 5.56. The molecule has 0 bridgehead atoms. The average molecular weight is 294 g/mol. The van der Waals surface area contributed by atoms with Crippen LogP contribution in [0.25, 0.3) is 0 Å². The van der Waals surface area contributed by atoms with Crippen molar-refractivity contribution in [1.82, 2.24) is 9.78 Å². The molecule has 2 rings (SSSR count). The number of rotatable bonds is 3. The lowest BCUT2D eigenvalue weighted by atomic mass is 10.0. The Hall–Kier alpha value is -1.13. The van der Waals surface area contributed by atoms with Crippen LogP contribution in [-0.4, -0.2) is 9.78 Å². The van der Waals surface area contributed by atoms with Gasteiger partial charge in [0.15, 0.2) is 0 Å². The highest BCUT2D eigenvalue weighted by molar-refractivity contribution is 9.10. The molecule has 17 heavy (non-hydrogen) atoms. The van der Waals surface area contributed by atoms with E-state index < -0.39 is 0 Å². The highest BCUT2D eigenvalue weighted by Gasteiger charge is 2.15. The lowest BCUT2D eigenvalue weighted by molar-refractivity contribution is 0.614. The van der Waals surface area contributed by atoms with E-state index in [2.05, 4.69) is 52.2 Å². The molecule has 3 nitrogen and oxygen atoms in total. The third-order valence-corrected chi connectivity index (χ3v) is 3.44. The van der Waals surface area contributed by atoms with Crippen molar-refractivity contribution in [1.29, 1.82) is 0 Å². The molecule has 0 saturated heterocycles. The van der Waals surface area contributed by atoms with Crippen LogP contribution in [0.2, 0.25) is 0 Å². The summed E-state index contributed by atoms with van der Waals surface area (Å²) in [6.07, 6.45) is 2.60. The van der Waals surface area contributed by atoms with Gasteiger partial charge in [-0.1, -0.05) is 29.8 Å². The number of hydrogen-bond donors (Lipinski definition) is 1. The molecule has 2 N–H and O–H groups in total. The maximum atomic E-state index is 6.23. The van der Waals surface area contributed by atoms with Gasteiger partial charge in [-0.25, -0.2) is 0 Å². The Morgan fingerprint density at radius 3 is 2.82 bits per heavy atom. The van der Waals surface area contributed by atoms with Crippen molar-refractivity contribution in [3.8, 4) is 0 Å². The predicted molar refractivity (Wildman–Crippen MR) is 72.7 cm³/mol. The Kier molecular flexibility index (Phi) is 3.64. The summed E-state index contributed by atoms with van der Waals surface area (Å²) < 4.78 is 2.80. The van der Waals surface area contributed by atoms with Crippen LogP contribution < -0.4 is 5.73 Å². The Morgan fingerprint density at radius 1 is 1.47 bits per heavy atom. The average Bonchev–Trinajstić information content (AvgIpc) is 2.58. The summed E-state index contributed by atoms with van der Waals surface area (Å²) in [5.41, 5.74) is 9.78. The molecule has 1 atom stereocenters. The first-order valence-corrected chi connectivity index (χ1v) is 6.35. The van der Waals surface area contributed by atoms with Crippen LogP contribution in [0.15, 0.2) is 34.9 Å². The van der Waals surface area contributed by atoms with Gasteiger partial charge >= 0.3 is 0 Å². The van der Waals surface area contributed by atoms with Crippen molar-refractivity contribution < 1.29 is 0 Å².